The van der Waals surface area contributed by atoms with Crippen molar-refractivity contribution in [3.05, 3.63) is 91.0 Å². The lowest BCUT2D eigenvalue weighted by atomic mass is 10.1. The van der Waals surface area contributed by atoms with Crippen LogP contribution in [0.2, 0.25) is 0 Å². The second-order valence-electron chi connectivity index (χ2n) is 7.54. The molecule has 0 saturated carbocycles. The number of benzene rings is 1. The highest BCUT2D eigenvalue weighted by Gasteiger charge is 2.20. The molecule has 0 radical (unpaired) electrons. The third-order valence-electron chi connectivity index (χ3n) is 4.91. The normalized spacial score (nSPS) is 14.0. The third kappa shape index (κ3) is 7.73. The number of aliphatic imine (C=N–C) groups is 1. The number of hydrogen-bond acceptors (Lipinski definition) is 5. The molecule has 6 heteroatoms. The van der Waals surface area contributed by atoms with Gasteiger partial charge in [-0.15, -0.1) is 10.2 Å². The zero-order valence-electron chi connectivity index (χ0n) is 21.1. The summed E-state index contributed by atoms with van der Waals surface area (Å²) in [6.45, 7) is 9.87. The summed E-state index contributed by atoms with van der Waals surface area (Å²) < 4.78 is 2.17. The van der Waals surface area contributed by atoms with Crippen LogP contribution in [0.3, 0.4) is 0 Å². The lowest BCUT2D eigenvalue weighted by Crippen LogP contribution is -2.11. The van der Waals surface area contributed by atoms with Gasteiger partial charge in [-0.05, 0) is 48.8 Å². The molecule has 1 aromatic heterocycles. The Morgan fingerprint density at radius 1 is 1.18 bits per heavy atom. The summed E-state index contributed by atoms with van der Waals surface area (Å²) in [5.41, 5.74) is 3.43. The standard InChI is InChI=1S/C26H31N5S.C2H6/c1-5-7-19-27-20-24(21-13-10-8-9-11-14-21)32-26-29-28-25(12-6-2)31(26)23-17-15-22(16-18-23)30(3)4;1-2/h5,7-10,13-20,24H,1,6,11-12H2,2-4H3;1-2H3/b19-7-,27-20?;. The van der Waals surface area contributed by atoms with Crippen molar-refractivity contribution in [3.63, 3.8) is 0 Å². The van der Waals surface area contributed by atoms with E-state index in [9.17, 15) is 0 Å². The predicted molar refractivity (Wildman–Crippen MR) is 149 cm³/mol. The van der Waals surface area contributed by atoms with Gasteiger partial charge in [0.05, 0.1) is 5.25 Å². The molecule has 1 aromatic carbocycles. The van der Waals surface area contributed by atoms with Gasteiger partial charge in [0.25, 0.3) is 0 Å². The maximum atomic E-state index is 4.57. The second-order valence-corrected chi connectivity index (χ2v) is 8.64. The number of nitrogens with zero attached hydrogens (tertiary/aromatic N) is 5. The molecule has 0 bridgehead atoms. The maximum Gasteiger partial charge on any atom is 0.196 e. The van der Waals surface area contributed by atoms with Gasteiger partial charge in [-0.1, -0.05) is 75.6 Å². The molecule has 1 aliphatic carbocycles. The number of allylic oxidation sites excluding steroid dienone is 7. The monoisotopic (exact) mass is 475 g/mol. The molecule has 180 valence electrons. The van der Waals surface area contributed by atoms with Crippen LogP contribution in [0.4, 0.5) is 5.69 Å². The minimum Gasteiger partial charge on any atom is -0.378 e. The van der Waals surface area contributed by atoms with E-state index in [1.165, 1.54) is 5.57 Å². The molecule has 5 nitrogen and oxygen atoms in total. The zero-order valence-corrected chi connectivity index (χ0v) is 21.9. The van der Waals surface area contributed by atoms with Gasteiger partial charge in [0.15, 0.2) is 5.16 Å². The first kappa shape index (κ1) is 27.1. The number of anilines is 1. The van der Waals surface area contributed by atoms with Crippen molar-refractivity contribution < 1.29 is 0 Å². The lowest BCUT2D eigenvalue weighted by molar-refractivity contribution is 0.784. The Morgan fingerprint density at radius 2 is 1.94 bits per heavy atom. The van der Waals surface area contributed by atoms with Crippen molar-refractivity contribution in [2.75, 3.05) is 19.0 Å². The van der Waals surface area contributed by atoms with Crippen LogP contribution >= 0.6 is 11.8 Å². The Morgan fingerprint density at radius 3 is 2.62 bits per heavy atom. The number of hydrogen-bond donors (Lipinski definition) is 0. The van der Waals surface area contributed by atoms with Crippen LogP contribution in [0, 0.1) is 0 Å². The van der Waals surface area contributed by atoms with E-state index in [4.69, 9.17) is 0 Å². The van der Waals surface area contributed by atoms with E-state index in [0.29, 0.717) is 0 Å². The van der Waals surface area contributed by atoms with Crippen LogP contribution in [-0.4, -0.2) is 40.3 Å². The molecule has 0 amide bonds. The summed E-state index contributed by atoms with van der Waals surface area (Å²) in [4.78, 5) is 6.58. The molecule has 0 fully saturated rings. The van der Waals surface area contributed by atoms with E-state index in [1.807, 2.05) is 40.2 Å². The zero-order chi connectivity index (χ0) is 24.8. The minimum atomic E-state index is 0.0130. The van der Waals surface area contributed by atoms with Gasteiger partial charge in [0.2, 0.25) is 0 Å². The first-order valence-corrected chi connectivity index (χ1v) is 12.7. The topological polar surface area (TPSA) is 46.3 Å². The van der Waals surface area contributed by atoms with Gasteiger partial charge in [-0.25, -0.2) is 0 Å². The Balaban J connectivity index is 0.00000199. The van der Waals surface area contributed by atoms with Gasteiger partial charge in [0.1, 0.15) is 5.82 Å². The summed E-state index contributed by atoms with van der Waals surface area (Å²) >= 11 is 1.66. The Hall–Kier alpha value is -3.12. The van der Waals surface area contributed by atoms with Crippen LogP contribution < -0.4 is 4.90 Å². The summed E-state index contributed by atoms with van der Waals surface area (Å²) in [5.74, 6) is 0.974. The van der Waals surface area contributed by atoms with Crippen molar-refractivity contribution in [1.82, 2.24) is 14.8 Å². The summed E-state index contributed by atoms with van der Waals surface area (Å²) in [7, 11) is 4.09. The first-order chi connectivity index (χ1) is 16.6. The first-order valence-electron chi connectivity index (χ1n) is 11.9. The highest BCUT2D eigenvalue weighted by Crippen LogP contribution is 2.31. The fourth-order valence-corrected chi connectivity index (χ4v) is 4.34. The van der Waals surface area contributed by atoms with Crippen molar-refractivity contribution in [1.29, 1.82) is 0 Å². The quantitative estimate of drug-likeness (QED) is 0.211. The molecular weight excluding hydrogens is 438 g/mol. The van der Waals surface area contributed by atoms with Crippen LogP contribution in [-0.2, 0) is 6.42 Å². The van der Waals surface area contributed by atoms with Crippen LogP contribution in [0.5, 0.6) is 0 Å². The summed E-state index contributed by atoms with van der Waals surface area (Å²) in [5, 5.41) is 9.98. The van der Waals surface area contributed by atoms with Crippen molar-refractivity contribution in [3.8, 4) is 5.69 Å². The lowest BCUT2D eigenvalue weighted by Gasteiger charge is -2.16. The molecule has 0 spiro atoms. The molecule has 0 aliphatic heterocycles. The second kappa shape index (κ2) is 14.9. The number of thioether (sulfide) groups is 1. The molecule has 3 rings (SSSR count). The van der Waals surface area contributed by atoms with Crippen LogP contribution in [0.1, 0.15) is 39.4 Å². The van der Waals surface area contributed by atoms with E-state index in [0.717, 1.165) is 41.6 Å². The van der Waals surface area contributed by atoms with Crippen LogP contribution in [0.25, 0.3) is 5.69 Å². The third-order valence-corrected chi connectivity index (χ3v) is 6.04. The van der Waals surface area contributed by atoms with Crippen molar-refractivity contribution >= 4 is 23.7 Å². The van der Waals surface area contributed by atoms with Gasteiger partial charge in [-0.2, -0.15) is 0 Å². The van der Waals surface area contributed by atoms with E-state index in [1.54, 1.807) is 24.0 Å². The fraction of sp³-hybridized carbons (Fsp3) is 0.321. The van der Waals surface area contributed by atoms with E-state index < -0.39 is 0 Å². The van der Waals surface area contributed by atoms with Gasteiger partial charge < -0.3 is 4.90 Å². The van der Waals surface area contributed by atoms with Crippen molar-refractivity contribution in [2.45, 2.75) is 50.4 Å². The van der Waals surface area contributed by atoms with Gasteiger partial charge >= 0.3 is 0 Å². The molecule has 1 heterocycles. The average Bonchev–Trinajstić information content (AvgIpc) is 3.06. The summed E-state index contributed by atoms with van der Waals surface area (Å²) in [6.07, 6.45) is 20.7. The molecule has 0 N–H and O–H groups in total. The predicted octanol–water partition coefficient (Wildman–Crippen LogP) is 6.99. The smallest absolute Gasteiger partial charge is 0.196 e. The van der Waals surface area contributed by atoms with Crippen molar-refractivity contribution in [2.24, 2.45) is 4.99 Å². The molecular formula is C28H37N5S. The number of aryl methyl sites for hydroxylation is 1. The Labute approximate surface area is 209 Å². The maximum absolute atomic E-state index is 4.57. The average molecular weight is 476 g/mol. The van der Waals surface area contributed by atoms with Gasteiger partial charge in [-0.3, -0.25) is 9.56 Å². The van der Waals surface area contributed by atoms with Gasteiger partial charge in [0, 0.05) is 44.3 Å². The minimum absolute atomic E-state index is 0.0130. The number of aromatic nitrogens is 3. The largest absolute Gasteiger partial charge is 0.378 e. The summed E-state index contributed by atoms with van der Waals surface area (Å²) in [6, 6.07) is 8.51. The van der Waals surface area contributed by atoms with Crippen LogP contribution in [0.15, 0.2) is 95.3 Å². The highest BCUT2D eigenvalue weighted by molar-refractivity contribution is 8.00. The SMILES string of the molecule is C=C/C=C\N=CC(Sc1nnc(CCC)n1-c1ccc(N(C)C)cc1)C1=CCC=CC=C1.CC. The molecule has 1 atom stereocenters. The van der Waals surface area contributed by atoms with E-state index >= 15 is 0 Å². The Bertz CT molecular complexity index is 1040. The van der Waals surface area contributed by atoms with E-state index in [2.05, 4.69) is 92.8 Å². The molecule has 2 aromatic rings. The molecule has 1 aliphatic rings. The molecule has 0 saturated heterocycles. The highest BCUT2D eigenvalue weighted by atomic mass is 32.2. The molecule has 1 unspecified atom stereocenters. The molecule has 34 heavy (non-hydrogen) atoms. The van der Waals surface area contributed by atoms with E-state index in [-0.39, 0.29) is 5.25 Å². The number of rotatable bonds is 10. The fourth-order valence-electron chi connectivity index (χ4n) is 3.26. The Kier molecular flexibility index (Phi) is 11.9.